The Kier molecular flexibility index (Phi) is 5.11. The van der Waals surface area contributed by atoms with Crippen LogP contribution in [0.4, 0.5) is 0 Å². The Morgan fingerprint density at radius 1 is 1.55 bits per heavy atom. The van der Waals surface area contributed by atoms with Gasteiger partial charge in [-0.25, -0.2) is 4.79 Å². The summed E-state index contributed by atoms with van der Waals surface area (Å²) < 4.78 is 0. The molecule has 0 fully saturated rings. The van der Waals surface area contributed by atoms with Gasteiger partial charge < -0.3 is 10.2 Å². The van der Waals surface area contributed by atoms with Crippen LogP contribution in [0, 0.1) is 0 Å². The van der Waals surface area contributed by atoms with E-state index in [1.807, 2.05) is 0 Å². The molecule has 0 heterocycles. The second-order valence-electron chi connectivity index (χ2n) is 2.00. The van der Waals surface area contributed by atoms with E-state index in [-0.39, 0.29) is 18.6 Å². The lowest BCUT2D eigenvalue weighted by atomic mass is 10.2. The van der Waals surface area contributed by atoms with Crippen LogP contribution >= 0.6 is 0 Å². The van der Waals surface area contributed by atoms with E-state index in [2.05, 4.69) is 0 Å². The van der Waals surface area contributed by atoms with E-state index in [0.29, 0.717) is 0 Å². The van der Waals surface area contributed by atoms with Crippen molar-refractivity contribution in [3.63, 3.8) is 0 Å². The third-order valence-electron chi connectivity index (χ3n) is 1.15. The molecule has 0 spiro atoms. The van der Waals surface area contributed by atoms with Gasteiger partial charge >= 0.3 is 5.97 Å². The SMILES string of the molecule is C/C=C/C=C(\CCO)C(=O)O. The zero-order valence-electron chi connectivity index (χ0n) is 6.45. The van der Waals surface area contributed by atoms with Crippen molar-refractivity contribution in [2.45, 2.75) is 13.3 Å². The second kappa shape index (κ2) is 5.68. The van der Waals surface area contributed by atoms with Gasteiger partial charge in [-0.3, -0.25) is 0 Å². The number of aliphatic carboxylic acids is 1. The number of allylic oxidation sites excluding steroid dienone is 3. The molecule has 0 aliphatic carbocycles. The highest BCUT2D eigenvalue weighted by atomic mass is 16.4. The predicted octanol–water partition coefficient (Wildman–Crippen LogP) is 0.956. The number of carbonyl (C=O) groups is 1. The normalized spacial score (nSPS) is 12.4. The smallest absolute Gasteiger partial charge is 0.331 e. The molecule has 62 valence electrons. The van der Waals surface area contributed by atoms with Gasteiger partial charge in [-0.05, 0) is 6.92 Å². The summed E-state index contributed by atoms with van der Waals surface area (Å²) in [6, 6.07) is 0. The van der Waals surface area contributed by atoms with Crippen LogP contribution in [0.25, 0.3) is 0 Å². The molecule has 3 heteroatoms. The standard InChI is InChI=1S/C8H12O3/c1-2-3-4-7(5-6-9)8(10)11/h2-4,9H,5-6H2,1H3,(H,10,11)/b3-2+,7-4+. The largest absolute Gasteiger partial charge is 0.478 e. The van der Waals surface area contributed by atoms with E-state index >= 15 is 0 Å². The first kappa shape index (κ1) is 9.91. The summed E-state index contributed by atoms with van der Waals surface area (Å²) in [5.41, 5.74) is 0.227. The van der Waals surface area contributed by atoms with Gasteiger partial charge in [-0.2, -0.15) is 0 Å². The number of aliphatic hydroxyl groups is 1. The molecule has 0 radical (unpaired) electrons. The van der Waals surface area contributed by atoms with Gasteiger partial charge in [0, 0.05) is 18.6 Å². The molecule has 11 heavy (non-hydrogen) atoms. The first-order valence-electron chi connectivity index (χ1n) is 3.38. The van der Waals surface area contributed by atoms with E-state index in [0.717, 1.165) is 0 Å². The predicted molar refractivity (Wildman–Crippen MR) is 42.2 cm³/mol. The van der Waals surface area contributed by atoms with Gasteiger partial charge in [-0.15, -0.1) is 0 Å². The average Bonchev–Trinajstić information content (AvgIpc) is 1.97. The first-order valence-corrected chi connectivity index (χ1v) is 3.38. The zero-order chi connectivity index (χ0) is 8.69. The maximum atomic E-state index is 10.4. The van der Waals surface area contributed by atoms with Crippen molar-refractivity contribution in [1.29, 1.82) is 0 Å². The minimum atomic E-state index is -0.975. The van der Waals surface area contributed by atoms with E-state index in [9.17, 15) is 4.79 Å². The average molecular weight is 156 g/mol. The molecule has 0 aliphatic heterocycles. The van der Waals surface area contributed by atoms with Crippen LogP contribution in [0.1, 0.15) is 13.3 Å². The summed E-state index contributed by atoms with van der Waals surface area (Å²) in [6.45, 7) is 1.67. The number of carboxylic acids is 1. The van der Waals surface area contributed by atoms with E-state index in [4.69, 9.17) is 10.2 Å². The van der Waals surface area contributed by atoms with Crippen LogP contribution in [0.3, 0.4) is 0 Å². The Balaban J connectivity index is 4.20. The second-order valence-corrected chi connectivity index (χ2v) is 2.00. The molecule has 2 N–H and O–H groups in total. The molecule has 0 saturated heterocycles. The maximum absolute atomic E-state index is 10.4. The first-order chi connectivity index (χ1) is 5.22. The molecule has 0 atom stereocenters. The Bertz CT molecular complexity index is 180. The van der Waals surface area contributed by atoms with Crippen molar-refractivity contribution in [2.24, 2.45) is 0 Å². The third kappa shape index (κ3) is 4.33. The molecule has 0 saturated carbocycles. The molecule has 0 aliphatic rings. The van der Waals surface area contributed by atoms with Gasteiger partial charge in [0.25, 0.3) is 0 Å². The fourth-order valence-corrected chi connectivity index (χ4v) is 0.594. The Hall–Kier alpha value is -1.09. The highest BCUT2D eigenvalue weighted by Crippen LogP contribution is 2.00. The van der Waals surface area contributed by atoms with Crippen molar-refractivity contribution in [1.82, 2.24) is 0 Å². The summed E-state index contributed by atoms with van der Waals surface area (Å²) in [6.07, 6.45) is 5.05. The van der Waals surface area contributed by atoms with Crippen LogP contribution in [0.5, 0.6) is 0 Å². The Labute approximate surface area is 65.7 Å². The molecule has 0 amide bonds. The number of hydrogen-bond acceptors (Lipinski definition) is 2. The molecule has 0 rings (SSSR count). The molecular weight excluding hydrogens is 144 g/mol. The topological polar surface area (TPSA) is 57.5 Å². The molecule has 0 unspecified atom stereocenters. The molecule has 0 aromatic heterocycles. The third-order valence-corrected chi connectivity index (χ3v) is 1.15. The number of carboxylic acid groups (broad SMARTS) is 1. The quantitative estimate of drug-likeness (QED) is 0.470. The van der Waals surface area contributed by atoms with Crippen molar-refractivity contribution in [2.75, 3.05) is 6.61 Å². The summed E-state index contributed by atoms with van der Waals surface area (Å²) in [7, 11) is 0. The van der Waals surface area contributed by atoms with Crippen LogP contribution in [-0.2, 0) is 4.79 Å². The number of aliphatic hydroxyl groups excluding tert-OH is 1. The van der Waals surface area contributed by atoms with Crippen molar-refractivity contribution < 1.29 is 15.0 Å². The lowest BCUT2D eigenvalue weighted by Gasteiger charge is -1.95. The van der Waals surface area contributed by atoms with Crippen molar-refractivity contribution in [3.8, 4) is 0 Å². The van der Waals surface area contributed by atoms with Crippen LogP contribution in [0.2, 0.25) is 0 Å². The fraction of sp³-hybridized carbons (Fsp3) is 0.375. The minimum Gasteiger partial charge on any atom is -0.478 e. The minimum absolute atomic E-state index is 0.129. The van der Waals surface area contributed by atoms with Gasteiger partial charge in [-0.1, -0.05) is 18.2 Å². The molecule has 0 bridgehead atoms. The van der Waals surface area contributed by atoms with E-state index in [1.165, 1.54) is 6.08 Å². The zero-order valence-corrected chi connectivity index (χ0v) is 6.45. The van der Waals surface area contributed by atoms with Gasteiger partial charge in [0.05, 0.1) is 0 Å². The summed E-state index contributed by atoms with van der Waals surface area (Å²) in [5, 5.41) is 17.0. The summed E-state index contributed by atoms with van der Waals surface area (Å²) in [5.74, 6) is -0.975. The highest BCUT2D eigenvalue weighted by molar-refractivity contribution is 5.86. The lowest BCUT2D eigenvalue weighted by Crippen LogP contribution is -2.01. The highest BCUT2D eigenvalue weighted by Gasteiger charge is 2.03. The molecule has 0 aromatic rings. The van der Waals surface area contributed by atoms with Gasteiger partial charge in [0.2, 0.25) is 0 Å². The fourth-order valence-electron chi connectivity index (χ4n) is 0.594. The number of rotatable bonds is 4. The Morgan fingerprint density at radius 2 is 2.18 bits per heavy atom. The molecular formula is C8H12O3. The van der Waals surface area contributed by atoms with E-state index < -0.39 is 5.97 Å². The number of hydrogen-bond donors (Lipinski definition) is 2. The van der Waals surface area contributed by atoms with Crippen molar-refractivity contribution in [3.05, 3.63) is 23.8 Å². The maximum Gasteiger partial charge on any atom is 0.331 e. The summed E-state index contributed by atoms with van der Waals surface area (Å²) >= 11 is 0. The van der Waals surface area contributed by atoms with Crippen LogP contribution in [-0.4, -0.2) is 22.8 Å². The van der Waals surface area contributed by atoms with Gasteiger partial charge in [0.15, 0.2) is 0 Å². The monoisotopic (exact) mass is 156 g/mol. The Morgan fingerprint density at radius 3 is 2.55 bits per heavy atom. The lowest BCUT2D eigenvalue weighted by molar-refractivity contribution is -0.132. The van der Waals surface area contributed by atoms with Crippen molar-refractivity contribution >= 4 is 5.97 Å². The molecule has 3 nitrogen and oxygen atoms in total. The molecule has 0 aromatic carbocycles. The van der Waals surface area contributed by atoms with Crippen LogP contribution < -0.4 is 0 Å². The van der Waals surface area contributed by atoms with Gasteiger partial charge in [0.1, 0.15) is 0 Å². The van der Waals surface area contributed by atoms with Crippen LogP contribution in [0.15, 0.2) is 23.8 Å². The summed E-state index contributed by atoms with van der Waals surface area (Å²) in [4.78, 5) is 10.4. The van der Waals surface area contributed by atoms with E-state index in [1.54, 1.807) is 19.1 Å².